The van der Waals surface area contributed by atoms with E-state index >= 15 is 0 Å². The minimum absolute atomic E-state index is 0.100. The first-order chi connectivity index (χ1) is 9.66. The number of aromatic nitrogens is 1. The van der Waals surface area contributed by atoms with Gasteiger partial charge < -0.3 is 9.67 Å². The minimum Gasteiger partial charge on any atom is -0.386 e. The molecule has 1 unspecified atom stereocenters. The third-order valence-electron chi connectivity index (χ3n) is 3.87. The van der Waals surface area contributed by atoms with Gasteiger partial charge in [0.25, 0.3) is 5.56 Å². The molecule has 0 saturated heterocycles. The normalized spacial score (nSPS) is 15.1. The van der Waals surface area contributed by atoms with Crippen LogP contribution in [0.4, 0.5) is 4.39 Å². The van der Waals surface area contributed by atoms with Crippen molar-refractivity contribution in [3.63, 3.8) is 0 Å². The number of benzene rings is 1. The number of rotatable bonds is 3. The number of hydrogen-bond acceptors (Lipinski definition) is 2. The summed E-state index contributed by atoms with van der Waals surface area (Å²) in [6, 6.07) is 9.51. The number of pyridine rings is 1. The summed E-state index contributed by atoms with van der Waals surface area (Å²) >= 11 is 0. The van der Waals surface area contributed by atoms with Gasteiger partial charge in [-0.2, -0.15) is 0 Å². The summed E-state index contributed by atoms with van der Waals surface area (Å²) in [6.07, 6.45) is 1.82. The number of hydrogen-bond donors (Lipinski definition) is 1. The summed E-state index contributed by atoms with van der Waals surface area (Å²) in [6.45, 7) is 0.100. The molecule has 1 aliphatic rings. The van der Waals surface area contributed by atoms with E-state index in [0.29, 0.717) is 0 Å². The molecule has 1 atom stereocenters. The van der Waals surface area contributed by atoms with Crippen molar-refractivity contribution in [1.29, 1.82) is 0 Å². The van der Waals surface area contributed by atoms with Crippen LogP contribution in [0.1, 0.15) is 29.3 Å². The average molecular weight is 273 g/mol. The van der Waals surface area contributed by atoms with E-state index < -0.39 is 11.9 Å². The highest BCUT2D eigenvalue weighted by atomic mass is 19.1. The van der Waals surface area contributed by atoms with Crippen molar-refractivity contribution in [3.05, 3.63) is 69.4 Å². The van der Waals surface area contributed by atoms with Crippen LogP contribution in [-0.2, 0) is 19.4 Å². The zero-order chi connectivity index (χ0) is 14.1. The van der Waals surface area contributed by atoms with E-state index in [-0.39, 0.29) is 17.7 Å². The lowest BCUT2D eigenvalue weighted by molar-refractivity contribution is 0.149. The van der Waals surface area contributed by atoms with Gasteiger partial charge in [0.2, 0.25) is 0 Å². The molecule has 4 heteroatoms. The molecular formula is C16H16FNO2. The Morgan fingerprint density at radius 1 is 1.20 bits per heavy atom. The molecule has 1 heterocycles. The molecule has 0 aliphatic heterocycles. The minimum atomic E-state index is -1.01. The van der Waals surface area contributed by atoms with Crippen LogP contribution in [0.2, 0.25) is 0 Å². The standard InChI is InChI=1S/C16H16FNO2/c17-13-6-2-1-5-12(13)15(19)10-18-14-7-3-4-11(14)8-9-16(18)20/h1-2,5-6,8-9,15,19H,3-4,7,10H2. The second-order valence-corrected chi connectivity index (χ2v) is 5.14. The smallest absolute Gasteiger partial charge is 0.250 e. The monoisotopic (exact) mass is 273 g/mol. The summed E-state index contributed by atoms with van der Waals surface area (Å²) in [5.74, 6) is -0.444. The number of aryl methyl sites for hydroxylation is 1. The first-order valence-electron chi connectivity index (χ1n) is 6.81. The van der Waals surface area contributed by atoms with Gasteiger partial charge in [-0.15, -0.1) is 0 Å². The summed E-state index contributed by atoms with van der Waals surface area (Å²) < 4.78 is 15.3. The molecule has 0 spiro atoms. The number of nitrogens with zero attached hydrogens (tertiary/aromatic N) is 1. The lowest BCUT2D eigenvalue weighted by atomic mass is 10.1. The molecule has 0 amide bonds. The quantitative estimate of drug-likeness (QED) is 0.931. The van der Waals surface area contributed by atoms with Gasteiger partial charge in [-0.25, -0.2) is 4.39 Å². The second kappa shape index (κ2) is 5.21. The molecule has 3 rings (SSSR count). The van der Waals surface area contributed by atoms with Gasteiger partial charge in [0.15, 0.2) is 0 Å². The third kappa shape index (κ3) is 2.27. The molecule has 1 aromatic carbocycles. The van der Waals surface area contributed by atoms with Crippen molar-refractivity contribution < 1.29 is 9.50 Å². The van der Waals surface area contributed by atoms with Gasteiger partial charge >= 0.3 is 0 Å². The zero-order valence-electron chi connectivity index (χ0n) is 11.1. The van der Waals surface area contributed by atoms with E-state index in [9.17, 15) is 14.3 Å². The third-order valence-corrected chi connectivity index (χ3v) is 3.87. The average Bonchev–Trinajstić information content (AvgIpc) is 2.91. The first kappa shape index (κ1) is 13.1. The van der Waals surface area contributed by atoms with Crippen molar-refractivity contribution in [2.75, 3.05) is 0 Å². The molecule has 0 fully saturated rings. The van der Waals surface area contributed by atoms with E-state index in [1.54, 1.807) is 22.8 Å². The molecule has 0 bridgehead atoms. The maximum atomic E-state index is 13.7. The fourth-order valence-corrected chi connectivity index (χ4v) is 2.85. The van der Waals surface area contributed by atoms with Gasteiger partial charge in [0, 0.05) is 17.3 Å². The van der Waals surface area contributed by atoms with Crippen molar-refractivity contribution in [1.82, 2.24) is 4.57 Å². The highest BCUT2D eigenvalue weighted by Gasteiger charge is 2.19. The topological polar surface area (TPSA) is 42.2 Å². The zero-order valence-corrected chi connectivity index (χ0v) is 11.1. The SMILES string of the molecule is O=c1ccc2c(n1CC(O)c1ccccc1F)CCC2. The highest BCUT2D eigenvalue weighted by molar-refractivity contribution is 5.26. The molecule has 1 aromatic heterocycles. The Labute approximate surface area is 116 Å². The Bertz CT molecular complexity index is 693. The number of fused-ring (bicyclic) bond motifs is 1. The lowest BCUT2D eigenvalue weighted by Crippen LogP contribution is -2.26. The molecule has 1 N–H and O–H groups in total. The van der Waals surface area contributed by atoms with Gasteiger partial charge in [-0.1, -0.05) is 24.3 Å². The highest BCUT2D eigenvalue weighted by Crippen LogP contribution is 2.23. The van der Waals surface area contributed by atoms with Gasteiger partial charge in [-0.05, 0) is 30.9 Å². The van der Waals surface area contributed by atoms with Crippen LogP contribution in [0.15, 0.2) is 41.2 Å². The molecular weight excluding hydrogens is 257 g/mol. The molecule has 0 saturated carbocycles. The second-order valence-electron chi connectivity index (χ2n) is 5.14. The van der Waals surface area contributed by atoms with E-state index in [4.69, 9.17) is 0 Å². The van der Waals surface area contributed by atoms with Crippen molar-refractivity contribution in [3.8, 4) is 0 Å². The maximum Gasteiger partial charge on any atom is 0.250 e. The summed E-state index contributed by atoms with van der Waals surface area (Å²) in [5.41, 5.74) is 2.23. The van der Waals surface area contributed by atoms with Crippen LogP contribution in [0, 0.1) is 5.82 Å². The van der Waals surface area contributed by atoms with Gasteiger partial charge in [0.05, 0.1) is 12.6 Å². The number of halogens is 1. The Kier molecular flexibility index (Phi) is 3.40. The van der Waals surface area contributed by atoms with Gasteiger partial charge in [-0.3, -0.25) is 4.79 Å². The van der Waals surface area contributed by atoms with Crippen molar-refractivity contribution in [2.45, 2.75) is 31.9 Å². The summed E-state index contributed by atoms with van der Waals surface area (Å²) in [7, 11) is 0. The van der Waals surface area contributed by atoms with Crippen LogP contribution < -0.4 is 5.56 Å². The number of aliphatic hydroxyl groups is 1. The molecule has 1 aliphatic carbocycles. The maximum absolute atomic E-state index is 13.7. The van der Waals surface area contributed by atoms with E-state index in [0.717, 1.165) is 30.5 Å². The predicted molar refractivity (Wildman–Crippen MR) is 74.1 cm³/mol. The van der Waals surface area contributed by atoms with Crippen molar-refractivity contribution >= 4 is 0 Å². The Balaban J connectivity index is 1.95. The lowest BCUT2D eigenvalue weighted by Gasteiger charge is -2.17. The van der Waals surface area contributed by atoms with E-state index in [2.05, 4.69) is 0 Å². The van der Waals surface area contributed by atoms with E-state index in [1.165, 1.54) is 12.1 Å². The predicted octanol–water partition coefficient (Wildman–Crippen LogP) is 2.21. The first-order valence-corrected chi connectivity index (χ1v) is 6.81. The van der Waals surface area contributed by atoms with E-state index in [1.807, 2.05) is 6.07 Å². The van der Waals surface area contributed by atoms with Crippen LogP contribution in [0.5, 0.6) is 0 Å². The van der Waals surface area contributed by atoms with Crippen LogP contribution in [0.3, 0.4) is 0 Å². The van der Waals surface area contributed by atoms with Crippen LogP contribution in [-0.4, -0.2) is 9.67 Å². The summed E-state index contributed by atoms with van der Waals surface area (Å²) in [4.78, 5) is 12.0. The molecule has 2 aromatic rings. The van der Waals surface area contributed by atoms with Crippen LogP contribution >= 0.6 is 0 Å². The van der Waals surface area contributed by atoms with Crippen molar-refractivity contribution in [2.24, 2.45) is 0 Å². The molecule has 104 valence electrons. The fourth-order valence-electron chi connectivity index (χ4n) is 2.85. The Hall–Kier alpha value is -1.94. The molecule has 20 heavy (non-hydrogen) atoms. The van der Waals surface area contributed by atoms with Crippen LogP contribution in [0.25, 0.3) is 0 Å². The summed E-state index contributed by atoms with van der Waals surface area (Å²) in [5, 5.41) is 10.2. The Morgan fingerprint density at radius 2 is 2.00 bits per heavy atom. The molecule has 0 radical (unpaired) electrons. The Morgan fingerprint density at radius 3 is 2.80 bits per heavy atom. The van der Waals surface area contributed by atoms with Gasteiger partial charge in [0.1, 0.15) is 5.82 Å². The molecule has 3 nitrogen and oxygen atoms in total. The number of aliphatic hydroxyl groups excluding tert-OH is 1. The largest absolute Gasteiger partial charge is 0.386 e. The fraction of sp³-hybridized carbons (Fsp3) is 0.312.